The highest BCUT2D eigenvalue weighted by molar-refractivity contribution is 5.76. The number of pyridine rings is 1. The van der Waals surface area contributed by atoms with Gasteiger partial charge in [-0.25, -0.2) is 0 Å². The van der Waals surface area contributed by atoms with Crippen LogP contribution in [0, 0.1) is 0 Å². The van der Waals surface area contributed by atoms with Crippen molar-refractivity contribution in [3.8, 4) is 11.3 Å². The van der Waals surface area contributed by atoms with E-state index in [1.54, 1.807) is 12.4 Å². The third-order valence-electron chi connectivity index (χ3n) is 3.56. The average Bonchev–Trinajstić information content (AvgIpc) is 3.09. The second-order valence-electron chi connectivity index (χ2n) is 5.26. The first-order valence-corrected chi connectivity index (χ1v) is 7.61. The van der Waals surface area contributed by atoms with Gasteiger partial charge in [-0.1, -0.05) is 30.3 Å². The zero-order valence-electron chi connectivity index (χ0n) is 12.7. The van der Waals surface area contributed by atoms with Gasteiger partial charge in [0, 0.05) is 37.3 Å². The first-order chi connectivity index (χ1) is 11.3. The van der Waals surface area contributed by atoms with Gasteiger partial charge >= 0.3 is 0 Å². The molecule has 0 aliphatic heterocycles. The summed E-state index contributed by atoms with van der Waals surface area (Å²) in [6, 6.07) is 17.6. The lowest BCUT2D eigenvalue weighted by atomic mass is 10.2. The molecule has 0 radical (unpaired) electrons. The van der Waals surface area contributed by atoms with E-state index in [0.29, 0.717) is 19.4 Å². The van der Waals surface area contributed by atoms with E-state index in [1.807, 2.05) is 54.6 Å². The Morgan fingerprint density at radius 1 is 1.00 bits per heavy atom. The molecule has 1 aromatic carbocycles. The van der Waals surface area contributed by atoms with E-state index < -0.39 is 0 Å². The van der Waals surface area contributed by atoms with Crippen LogP contribution < -0.4 is 5.32 Å². The molecule has 0 atom stereocenters. The number of amides is 1. The molecule has 1 N–H and O–H groups in total. The number of hydrogen-bond acceptors (Lipinski definition) is 3. The third kappa shape index (κ3) is 4.30. The van der Waals surface area contributed by atoms with E-state index in [9.17, 15) is 4.79 Å². The van der Waals surface area contributed by atoms with Gasteiger partial charge in [0.2, 0.25) is 5.91 Å². The van der Waals surface area contributed by atoms with Gasteiger partial charge in [0.1, 0.15) is 11.5 Å². The number of aryl methyl sites for hydroxylation is 1. The predicted octanol–water partition coefficient (Wildman–Crippen LogP) is 3.59. The monoisotopic (exact) mass is 306 g/mol. The molecular formula is C19H18N2O2. The molecule has 0 unspecified atom stereocenters. The summed E-state index contributed by atoms with van der Waals surface area (Å²) in [7, 11) is 0. The number of carbonyl (C=O) groups excluding carboxylic acids is 1. The van der Waals surface area contributed by atoms with Crippen molar-refractivity contribution in [3.63, 3.8) is 0 Å². The van der Waals surface area contributed by atoms with E-state index >= 15 is 0 Å². The molecule has 0 saturated heterocycles. The number of aromatic nitrogens is 1. The summed E-state index contributed by atoms with van der Waals surface area (Å²) >= 11 is 0. The van der Waals surface area contributed by atoms with E-state index in [2.05, 4.69) is 10.3 Å². The molecule has 116 valence electrons. The normalized spacial score (nSPS) is 10.4. The SMILES string of the molecule is O=C(CCc1ccc(-c2ccccc2)o1)NCc1ccncc1. The molecule has 3 rings (SSSR count). The highest BCUT2D eigenvalue weighted by Gasteiger charge is 2.07. The Morgan fingerprint density at radius 3 is 2.57 bits per heavy atom. The van der Waals surface area contributed by atoms with Crippen LogP contribution in [-0.4, -0.2) is 10.9 Å². The van der Waals surface area contributed by atoms with Gasteiger partial charge in [-0.05, 0) is 29.8 Å². The summed E-state index contributed by atoms with van der Waals surface area (Å²) < 4.78 is 5.79. The van der Waals surface area contributed by atoms with Crippen molar-refractivity contribution < 1.29 is 9.21 Å². The summed E-state index contributed by atoms with van der Waals surface area (Å²) in [6.45, 7) is 0.523. The van der Waals surface area contributed by atoms with Crippen LogP contribution in [0.2, 0.25) is 0 Å². The highest BCUT2D eigenvalue weighted by atomic mass is 16.3. The number of nitrogens with zero attached hydrogens (tertiary/aromatic N) is 1. The quantitative estimate of drug-likeness (QED) is 0.757. The molecule has 0 aliphatic rings. The molecule has 4 nitrogen and oxygen atoms in total. The van der Waals surface area contributed by atoms with Crippen LogP contribution >= 0.6 is 0 Å². The van der Waals surface area contributed by atoms with Crippen LogP contribution in [0.15, 0.2) is 71.4 Å². The average molecular weight is 306 g/mol. The zero-order chi connectivity index (χ0) is 15.9. The summed E-state index contributed by atoms with van der Waals surface area (Å²) in [5, 5.41) is 2.90. The number of nitrogens with one attached hydrogen (secondary N) is 1. The van der Waals surface area contributed by atoms with Gasteiger partial charge in [-0.15, -0.1) is 0 Å². The lowest BCUT2D eigenvalue weighted by molar-refractivity contribution is -0.121. The van der Waals surface area contributed by atoms with Crippen LogP contribution in [0.5, 0.6) is 0 Å². The maximum Gasteiger partial charge on any atom is 0.220 e. The standard InChI is InChI=1S/C19H18N2O2/c22-19(21-14-15-10-12-20-13-11-15)9-7-17-6-8-18(23-17)16-4-2-1-3-5-16/h1-6,8,10-13H,7,9,14H2,(H,21,22). The number of benzene rings is 1. The molecule has 1 amide bonds. The van der Waals surface area contributed by atoms with Crippen molar-refractivity contribution in [2.45, 2.75) is 19.4 Å². The summed E-state index contributed by atoms with van der Waals surface area (Å²) in [5.41, 5.74) is 2.08. The first-order valence-electron chi connectivity index (χ1n) is 7.61. The highest BCUT2D eigenvalue weighted by Crippen LogP contribution is 2.22. The lowest BCUT2D eigenvalue weighted by Gasteiger charge is -2.04. The molecule has 23 heavy (non-hydrogen) atoms. The van der Waals surface area contributed by atoms with Crippen molar-refractivity contribution in [1.29, 1.82) is 0 Å². The Balaban J connectivity index is 1.49. The molecular weight excluding hydrogens is 288 g/mol. The molecule has 0 aliphatic carbocycles. The minimum absolute atomic E-state index is 0.0134. The maximum atomic E-state index is 11.9. The molecule has 2 heterocycles. The minimum atomic E-state index is 0.0134. The van der Waals surface area contributed by atoms with Gasteiger partial charge in [-0.2, -0.15) is 0 Å². The zero-order valence-corrected chi connectivity index (χ0v) is 12.7. The summed E-state index contributed by atoms with van der Waals surface area (Å²) in [4.78, 5) is 15.8. The van der Waals surface area contributed by atoms with Gasteiger partial charge in [-0.3, -0.25) is 9.78 Å². The van der Waals surface area contributed by atoms with E-state index in [4.69, 9.17) is 4.42 Å². The van der Waals surface area contributed by atoms with Gasteiger partial charge in [0.15, 0.2) is 0 Å². The van der Waals surface area contributed by atoms with Crippen LogP contribution in [0.4, 0.5) is 0 Å². The molecule has 3 aromatic rings. The second kappa shape index (κ2) is 7.40. The fourth-order valence-electron chi connectivity index (χ4n) is 2.30. The molecule has 0 bridgehead atoms. The van der Waals surface area contributed by atoms with Crippen molar-refractivity contribution in [2.24, 2.45) is 0 Å². The lowest BCUT2D eigenvalue weighted by Crippen LogP contribution is -2.22. The number of furan rings is 1. The van der Waals surface area contributed by atoms with Crippen molar-refractivity contribution >= 4 is 5.91 Å². The van der Waals surface area contributed by atoms with Gasteiger partial charge in [0.25, 0.3) is 0 Å². The van der Waals surface area contributed by atoms with E-state index in [1.165, 1.54) is 0 Å². The molecule has 0 spiro atoms. The number of carbonyl (C=O) groups is 1. The van der Waals surface area contributed by atoms with Crippen molar-refractivity contribution in [2.75, 3.05) is 0 Å². The fourth-order valence-corrected chi connectivity index (χ4v) is 2.30. The van der Waals surface area contributed by atoms with Crippen LogP contribution in [0.1, 0.15) is 17.7 Å². The van der Waals surface area contributed by atoms with E-state index in [-0.39, 0.29) is 5.91 Å². The van der Waals surface area contributed by atoms with Crippen LogP contribution in [0.25, 0.3) is 11.3 Å². The second-order valence-corrected chi connectivity index (χ2v) is 5.26. The summed E-state index contributed by atoms with van der Waals surface area (Å²) in [6.07, 6.45) is 4.44. The van der Waals surface area contributed by atoms with Gasteiger partial charge in [0.05, 0.1) is 0 Å². The third-order valence-corrected chi connectivity index (χ3v) is 3.56. The minimum Gasteiger partial charge on any atom is -0.461 e. The van der Waals surface area contributed by atoms with Gasteiger partial charge < -0.3 is 9.73 Å². The van der Waals surface area contributed by atoms with Crippen molar-refractivity contribution in [3.05, 3.63) is 78.3 Å². The Hall–Kier alpha value is -2.88. The van der Waals surface area contributed by atoms with Crippen LogP contribution in [-0.2, 0) is 17.8 Å². The number of hydrogen-bond donors (Lipinski definition) is 1. The molecule has 0 saturated carbocycles. The predicted molar refractivity (Wildman–Crippen MR) is 88.5 cm³/mol. The number of rotatable bonds is 6. The Bertz CT molecular complexity index is 751. The van der Waals surface area contributed by atoms with Crippen LogP contribution in [0.3, 0.4) is 0 Å². The Labute approximate surface area is 135 Å². The fraction of sp³-hybridized carbons (Fsp3) is 0.158. The Morgan fingerprint density at radius 2 is 1.78 bits per heavy atom. The molecule has 4 heteroatoms. The van der Waals surface area contributed by atoms with Crippen molar-refractivity contribution in [1.82, 2.24) is 10.3 Å². The molecule has 2 aromatic heterocycles. The Kier molecular flexibility index (Phi) is 4.84. The smallest absolute Gasteiger partial charge is 0.220 e. The largest absolute Gasteiger partial charge is 0.461 e. The maximum absolute atomic E-state index is 11.9. The topological polar surface area (TPSA) is 55.1 Å². The first kappa shape index (κ1) is 15.0. The summed E-state index contributed by atoms with van der Waals surface area (Å²) in [5.74, 6) is 1.67. The molecule has 0 fully saturated rings. The van der Waals surface area contributed by atoms with E-state index in [0.717, 1.165) is 22.6 Å².